The Kier molecular flexibility index (Phi) is 6.18. The molecule has 0 saturated carbocycles. The van der Waals surface area contributed by atoms with Crippen molar-refractivity contribution in [2.24, 2.45) is 11.7 Å². The van der Waals surface area contributed by atoms with Gasteiger partial charge in [0.05, 0.1) is 0 Å². The van der Waals surface area contributed by atoms with Crippen LogP contribution in [0.15, 0.2) is 30.3 Å². The van der Waals surface area contributed by atoms with Crippen LogP contribution in [-0.2, 0) is 9.59 Å². The van der Waals surface area contributed by atoms with E-state index in [2.05, 4.69) is 5.32 Å². The molecule has 0 spiro atoms. The molecule has 0 aromatic heterocycles. The van der Waals surface area contributed by atoms with Crippen molar-refractivity contribution in [2.45, 2.75) is 38.8 Å². The lowest BCUT2D eigenvalue weighted by molar-refractivity contribution is -0.143. The standard InChI is InChI=1S/C15H22N2O3/c1-3-10(2)14(15(19)20)17-13(18)9-12(16)11-7-5-4-6-8-11/h4-8,10,12,14H,3,9,16H2,1-2H3,(H,17,18)(H,19,20)/t10?,12?,14-/m0/s1. The fourth-order valence-corrected chi connectivity index (χ4v) is 1.93. The molecule has 1 aromatic rings. The van der Waals surface area contributed by atoms with Gasteiger partial charge in [0.15, 0.2) is 0 Å². The summed E-state index contributed by atoms with van der Waals surface area (Å²) < 4.78 is 0. The lowest BCUT2D eigenvalue weighted by Crippen LogP contribution is -2.45. The lowest BCUT2D eigenvalue weighted by atomic mass is 9.98. The van der Waals surface area contributed by atoms with E-state index in [1.165, 1.54) is 0 Å². The Morgan fingerprint density at radius 1 is 1.30 bits per heavy atom. The average molecular weight is 278 g/mol. The van der Waals surface area contributed by atoms with E-state index in [9.17, 15) is 9.59 Å². The van der Waals surface area contributed by atoms with Crippen molar-refractivity contribution < 1.29 is 14.7 Å². The Morgan fingerprint density at radius 2 is 1.90 bits per heavy atom. The first-order valence-electron chi connectivity index (χ1n) is 6.78. The second-order valence-electron chi connectivity index (χ2n) is 4.99. The number of hydrogen-bond acceptors (Lipinski definition) is 3. The van der Waals surface area contributed by atoms with Crippen molar-refractivity contribution >= 4 is 11.9 Å². The maximum atomic E-state index is 11.9. The zero-order valence-corrected chi connectivity index (χ0v) is 11.9. The van der Waals surface area contributed by atoms with Gasteiger partial charge in [0, 0.05) is 12.5 Å². The van der Waals surface area contributed by atoms with Crippen LogP contribution in [0.2, 0.25) is 0 Å². The first kappa shape index (κ1) is 16.2. The largest absolute Gasteiger partial charge is 0.480 e. The number of nitrogens with two attached hydrogens (primary N) is 1. The number of carboxylic acids is 1. The molecule has 0 bridgehead atoms. The van der Waals surface area contributed by atoms with E-state index in [1.54, 1.807) is 6.92 Å². The molecule has 1 rings (SSSR count). The number of nitrogens with one attached hydrogen (secondary N) is 1. The number of amides is 1. The molecule has 5 nitrogen and oxygen atoms in total. The summed E-state index contributed by atoms with van der Waals surface area (Å²) in [4.78, 5) is 23.1. The van der Waals surface area contributed by atoms with Crippen LogP contribution in [-0.4, -0.2) is 23.0 Å². The summed E-state index contributed by atoms with van der Waals surface area (Å²) in [7, 11) is 0. The van der Waals surface area contributed by atoms with Crippen LogP contribution < -0.4 is 11.1 Å². The van der Waals surface area contributed by atoms with E-state index in [4.69, 9.17) is 10.8 Å². The molecule has 0 saturated heterocycles. The third kappa shape index (κ3) is 4.66. The summed E-state index contributed by atoms with van der Waals surface area (Å²) in [5, 5.41) is 11.7. The number of carbonyl (C=O) groups is 2. The van der Waals surface area contributed by atoms with Crippen molar-refractivity contribution in [1.82, 2.24) is 5.32 Å². The van der Waals surface area contributed by atoms with Gasteiger partial charge in [0.2, 0.25) is 5.91 Å². The molecule has 0 aliphatic heterocycles. The highest BCUT2D eigenvalue weighted by Crippen LogP contribution is 2.14. The van der Waals surface area contributed by atoms with Crippen LogP contribution in [0, 0.1) is 5.92 Å². The third-order valence-electron chi connectivity index (χ3n) is 3.43. The molecule has 0 radical (unpaired) electrons. The minimum absolute atomic E-state index is 0.0736. The smallest absolute Gasteiger partial charge is 0.326 e. The molecule has 0 heterocycles. The van der Waals surface area contributed by atoms with Crippen LogP contribution in [0.25, 0.3) is 0 Å². The van der Waals surface area contributed by atoms with Gasteiger partial charge in [-0.1, -0.05) is 50.6 Å². The Hall–Kier alpha value is -1.88. The summed E-state index contributed by atoms with van der Waals surface area (Å²) in [5.41, 5.74) is 6.81. The van der Waals surface area contributed by atoms with Crippen molar-refractivity contribution in [1.29, 1.82) is 0 Å². The molecular formula is C15H22N2O3. The molecule has 1 amide bonds. The Balaban J connectivity index is 2.60. The van der Waals surface area contributed by atoms with Crippen LogP contribution >= 0.6 is 0 Å². The van der Waals surface area contributed by atoms with E-state index in [0.717, 1.165) is 5.56 Å². The van der Waals surface area contributed by atoms with Crippen LogP contribution in [0.4, 0.5) is 0 Å². The molecule has 2 unspecified atom stereocenters. The fourth-order valence-electron chi connectivity index (χ4n) is 1.93. The molecule has 0 aliphatic carbocycles. The zero-order chi connectivity index (χ0) is 15.1. The molecule has 3 atom stereocenters. The van der Waals surface area contributed by atoms with E-state index in [-0.39, 0.29) is 18.2 Å². The van der Waals surface area contributed by atoms with Gasteiger partial charge >= 0.3 is 5.97 Å². The third-order valence-corrected chi connectivity index (χ3v) is 3.43. The molecule has 20 heavy (non-hydrogen) atoms. The maximum absolute atomic E-state index is 11.9. The van der Waals surface area contributed by atoms with E-state index >= 15 is 0 Å². The second-order valence-corrected chi connectivity index (χ2v) is 4.99. The van der Waals surface area contributed by atoms with Crippen LogP contribution in [0.5, 0.6) is 0 Å². The number of hydrogen-bond donors (Lipinski definition) is 3. The average Bonchev–Trinajstić information content (AvgIpc) is 2.44. The van der Waals surface area contributed by atoms with Gasteiger partial charge in [-0.25, -0.2) is 4.79 Å². The minimum atomic E-state index is -1.01. The number of benzene rings is 1. The van der Waals surface area contributed by atoms with Crippen molar-refractivity contribution in [3.05, 3.63) is 35.9 Å². The SMILES string of the molecule is CCC(C)[C@H](NC(=O)CC(N)c1ccccc1)C(=O)O. The van der Waals surface area contributed by atoms with Crippen LogP contribution in [0.3, 0.4) is 0 Å². The van der Waals surface area contributed by atoms with Gasteiger partial charge in [-0.05, 0) is 11.5 Å². The number of carbonyl (C=O) groups excluding carboxylic acids is 1. The lowest BCUT2D eigenvalue weighted by Gasteiger charge is -2.21. The summed E-state index contributed by atoms with van der Waals surface area (Å²) in [6.07, 6.45) is 0.756. The molecule has 110 valence electrons. The molecule has 1 aromatic carbocycles. The highest BCUT2D eigenvalue weighted by molar-refractivity contribution is 5.84. The highest BCUT2D eigenvalue weighted by atomic mass is 16.4. The van der Waals surface area contributed by atoms with Gasteiger partial charge in [-0.2, -0.15) is 0 Å². The Morgan fingerprint density at radius 3 is 2.40 bits per heavy atom. The van der Waals surface area contributed by atoms with E-state index in [0.29, 0.717) is 6.42 Å². The number of carboxylic acid groups (broad SMARTS) is 1. The predicted molar refractivity (Wildman–Crippen MR) is 77.0 cm³/mol. The fraction of sp³-hybridized carbons (Fsp3) is 0.467. The Labute approximate surface area is 119 Å². The van der Waals surface area contributed by atoms with E-state index in [1.807, 2.05) is 37.3 Å². The number of rotatable bonds is 7. The maximum Gasteiger partial charge on any atom is 0.326 e. The quantitative estimate of drug-likeness (QED) is 0.707. The van der Waals surface area contributed by atoms with Crippen molar-refractivity contribution in [2.75, 3.05) is 0 Å². The van der Waals surface area contributed by atoms with Gasteiger partial charge in [0.1, 0.15) is 6.04 Å². The highest BCUT2D eigenvalue weighted by Gasteiger charge is 2.25. The molecular weight excluding hydrogens is 256 g/mol. The van der Waals surface area contributed by atoms with Crippen LogP contribution in [0.1, 0.15) is 38.3 Å². The topological polar surface area (TPSA) is 92.4 Å². The first-order chi connectivity index (χ1) is 9.45. The second kappa shape index (κ2) is 7.65. The van der Waals surface area contributed by atoms with Crippen molar-refractivity contribution in [3.8, 4) is 0 Å². The number of aliphatic carboxylic acids is 1. The normalized spacial score (nSPS) is 15.2. The van der Waals surface area contributed by atoms with Crippen molar-refractivity contribution in [3.63, 3.8) is 0 Å². The Bertz CT molecular complexity index is 448. The molecule has 5 heteroatoms. The van der Waals surface area contributed by atoms with Gasteiger partial charge in [-0.15, -0.1) is 0 Å². The predicted octanol–water partition coefficient (Wildman–Crippen LogP) is 1.69. The van der Waals surface area contributed by atoms with Gasteiger partial charge in [-0.3, -0.25) is 4.79 Å². The van der Waals surface area contributed by atoms with Gasteiger partial charge in [0.25, 0.3) is 0 Å². The molecule has 0 fully saturated rings. The minimum Gasteiger partial charge on any atom is -0.480 e. The summed E-state index contributed by atoms with van der Waals surface area (Å²) in [5.74, 6) is -1.47. The summed E-state index contributed by atoms with van der Waals surface area (Å²) in [6, 6.07) is 7.99. The monoisotopic (exact) mass is 278 g/mol. The molecule has 4 N–H and O–H groups in total. The zero-order valence-electron chi connectivity index (χ0n) is 11.9. The molecule has 0 aliphatic rings. The summed E-state index contributed by atoms with van der Waals surface area (Å²) >= 11 is 0. The van der Waals surface area contributed by atoms with Gasteiger partial charge < -0.3 is 16.2 Å². The summed E-state index contributed by atoms with van der Waals surface area (Å²) in [6.45, 7) is 3.69. The van der Waals surface area contributed by atoms with E-state index < -0.39 is 18.1 Å². The first-order valence-corrected chi connectivity index (χ1v) is 6.78.